The van der Waals surface area contributed by atoms with E-state index in [2.05, 4.69) is 203 Å². The predicted octanol–water partition coefficient (Wildman–Crippen LogP) is 12.8. The second-order valence-electron chi connectivity index (χ2n) is 13.8. The van der Waals surface area contributed by atoms with E-state index in [1.165, 1.54) is 43.8 Å². The SMILES string of the molecule is c1ccc(-c2ccc(-c3nc(-n4c5ccccc5c5ccc6c(c7ccccc7n6-c6cccc(-c7ccccc7)c6)c54)nc4ccccc34)cc2)cc1. The van der Waals surface area contributed by atoms with Crippen LogP contribution >= 0.6 is 0 Å². The molecule has 3 heterocycles. The van der Waals surface area contributed by atoms with Crippen molar-refractivity contribution in [3.05, 3.63) is 194 Å². The predicted molar refractivity (Wildman–Crippen MR) is 225 cm³/mol. The van der Waals surface area contributed by atoms with Crippen LogP contribution in [0.3, 0.4) is 0 Å². The minimum absolute atomic E-state index is 0.650. The lowest BCUT2D eigenvalue weighted by Crippen LogP contribution is -2.03. The van der Waals surface area contributed by atoms with E-state index in [9.17, 15) is 0 Å². The molecule has 11 aromatic rings. The Labute approximate surface area is 311 Å². The molecule has 0 saturated carbocycles. The minimum atomic E-state index is 0.650. The average Bonchev–Trinajstić information content (AvgIpc) is 3.77. The van der Waals surface area contributed by atoms with Crippen LogP contribution in [0.4, 0.5) is 0 Å². The highest BCUT2D eigenvalue weighted by Crippen LogP contribution is 2.42. The molecule has 0 saturated heterocycles. The zero-order chi connectivity index (χ0) is 35.6. The van der Waals surface area contributed by atoms with E-state index in [0.717, 1.165) is 49.9 Å². The molecule has 3 aromatic heterocycles. The maximum Gasteiger partial charge on any atom is 0.235 e. The van der Waals surface area contributed by atoms with Gasteiger partial charge in [-0.2, -0.15) is 0 Å². The molecule has 0 radical (unpaired) electrons. The van der Waals surface area contributed by atoms with Gasteiger partial charge in [-0.15, -0.1) is 0 Å². The van der Waals surface area contributed by atoms with E-state index in [-0.39, 0.29) is 0 Å². The molecule has 0 amide bonds. The van der Waals surface area contributed by atoms with Gasteiger partial charge < -0.3 is 4.57 Å². The summed E-state index contributed by atoms with van der Waals surface area (Å²) in [6.07, 6.45) is 0. The van der Waals surface area contributed by atoms with Gasteiger partial charge in [0.05, 0.1) is 33.3 Å². The average molecular weight is 689 g/mol. The van der Waals surface area contributed by atoms with Crippen LogP contribution in [0.1, 0.15) is 0 Å². The molecule has 4 heteroatoms. The standard InChI is InChI=1S/C50H32N4/c1-3-14-33(15-4-1)35-26-28-36(29-27-35)48-41-21-7-10-23-43(41)51-50(52-48)54-44-24-11-8-20-39(44)40-30-31-46-47(49(40)54)42-22-9-12-25-45(42)53(46)38-19-13-18-37(32-38)34-16-5-2-6-17-34/h1-32H. The molecule has 0 fully saturated rings. The zero-order valence-electron chi connectivity index (χ0n) is 29.3. The van der Waals surface area contributed by atoms with Crippen LogP contribution in [-0.2, 0) is 0 Å². The van der Waals surface area contributed by atoms with Gasteiger partial charge in [0.2, 0.25) is 5.95 Å². The molecule has 0 aliphatic rings. The van der Waals surface area contributed by atoms with Gasteiger partial charge in [0.1, 0.15) is 0 Å². The van der Waals surface area contributed by atoms with Crippen LogP contribution in [0.2, 0.25) is 0 Å². The maximum absolute atomic E-state index is 5.46. The molecule has 0 bridgehead atoms. The second kappa shape index (κ2) is 12.1. The van der Waals surface area contributed by atoms with Crippen molar-refractivity contribution >= 4 is 54.5 Å². The molecular weight excluding hydrogens is 657 g/mol. The first-order valence-corrected chi connectivity index (χ1v) is 18.3. The van der Waals surface area contributed by atoms with Gasteiger partial charge in [-0.3, -0.25) is 4.57 Å². The first-order valence-electron chi connectivity index (χ1n) is 18.3. The topological polar surface area (TPSA) is 35.6 Å². The van der Waals surface area contributed by atoms with E-state index in [1.54, 1.807) is 0 Å². The molecule has 0 N–H and O–H groups in total. The molecule has 11 rings (SSSR count). The maximum atomic E-state index is 5.46. The summed E-state index contributed by atoms with van der Waals surface area (Å²) in [4.78, 5) is 10.8. The third kappa shape index (κ3) is 4.70. The molecule has 252 valence electrons. The largest absolute Gasteiger partial charge is 0.309 e. The highest BCUT2D eigenvalue weighted by atomic mass is 15.2. The number of rotatable bonds is 5. The highest BCUT2D eigenvalue weighted by Gasteiger charge is 2.23. The summed E-state index contributed by atoms with van der Waals surface area (Å²) in [5.41, 5.74) is 13.2. The van der Waals surface area contributed by atoms with Crippen molar-refractivity contribution in [3.8, 4) is 45.1 Å². The number of fused-ring (bicyclic) bond motifs is 8. The summed E-state index contributed by atoms with van der Waals surface area (Å²) >= 11 is 0. The molecule has 0 aliphatic heterocycles. The molecule has 4 nitrogen and oxygen atoms in total. The number of aromatic nitrogens is 4. The van der Waals surface area contributed by atoms with E-state index < -0.39 is 0 Å². The lowest BCUT2D eigenvalue weighted by Gasteiger charge is -2.13. The number of benzene rings is 8. The quantitative estimate of drug-likeness (QED) is 0.180. The van der Waals surface area contributed by atoms with Gasteiger partial charge in [0, 0.05) is 38.2 Å². The monoisotopic (exact) mass is 688 g/mol. The van der Waals surface area contributed by atoms with Crippen LogP contribution in [0.15, 0.2) is 194 Å². The Hall–Kier alpha value is -7.30. The third-order valence-corrected chi connectivity index (χ3v) is 10.7. The fraction of sp³-hybridized carbons (Fsp3) is 0. The molecule has 0 unspecified atom stereocenters. The Morgan fingerprint density at radius 3 is 1.67 bits per heavy atom. The smallest absolute Gasteiger partial charge is 0.235 e. The lowest BCUT2D eigenvalue weighted by molar-refractivity contribution is 1.02. The number of hydrogen-bond acceptors (Lipinski definition) is 2. The first-order chi connectivity index (χ1) is 26.8. The molecule has 0 aliphatic carbocycles. The van der Waals surface area contributed by atoms with Crippen LogP contribution in [0.5, 0.6) is 0 Å². The van der Waals surface area contributed by atoms with E-state index in [4.69, 9.17) is 9.97 Å². The van der Waals surface area contributed by atoms with Gasteiger partial charge >= 0.3 is 0 Å². The zero-order valence-corrected chi connectivity index (χ0v) is 29.3. The van der Waals surface area contributed by atoms with Crippen molar-refractivity contribution in [2.24, 2.45) is 0 Å². The third-order valence-electron chi connectivity index (χ3n) is 10.7. The Kier molecular flexibility index (Phi) is 6.82. The van der Waals surface area contributed by atoms with Gasteiger partial charge in [-0.05, 0) is 58.7 Å². The van der Waals surface area contributed by atoms with Gasteiger partial charge in [0.25, 0.3) is 0 Å². The van der Waals surface area contributed by atoms with Crippen molar-refractivity contribution in [3.63, 3.8) is 0 Å². The summed E-state index contributed by atoms with van der Waals surface area (Å²) in [5, 5.41) is 5.72. The molecular formula is C50H32N4. The number of hydrogen-bond donors (Lipinski definition) is 0. The van der Waals surface area contributed by atoms with Crippen molar-refractivity contribution in [1.29, 1.82) is 0 Å². The first kappa shape index (κ1) is 30.3. The van der Waals surface area contributed by atoms with E-state index >= 15 is 0 Å². The summed E-state index contributed by atoms with van der Waals surface area (Å²) in [6, 6.07) is 69.0. The summed E-state index contributed by atoms with van der Waals surface area (Å²) in [7, 11) is 0. The fourth-order valence-electron chi connectivity index (χ4n) is 8.29. The molecule has 54 heavy (non-hydrogen) atoms. The highest BCUT2D eigenvalue weighted by molar-refractivity contribution is 6.26. The molecule has 8 aromatic carbocycles. The Bertz CT molecular complexity index is 3190. The Balaban J connectivity index is 1.20. The van der Waals surface area contributed by atoms with Gasteiger partial charge in [-0.25, -0.2) is 9.97 Å². The number of nitrogens with zero attached hydrogens (tertiary/aromatic N) is 4. The minimum Gasteiger partial charge on any atom is -0.309 e. The van der Waals surface area contributed by atoms with Gasteiger partial charge in [0.15, 0.2) is 0 Å². The molecule has 0 spiro atoms. The van der Waals surface area contributed by atoms with Crippen LogP contribution in [0, 0.1) is 0 Å². The Morgan fingerprint density at radius 2 is 0.907 bits per heavy atom. The van der Waals surface area contributed by atoms with Crippen LogP contribution in [0.25, 0.3) is 99.7 Å². The van der Waals surface area contributed by atoms with Crippen molar-refractivity contribution in [1.82, 2.24) is 19.1 Å². The van der Waals surface area contributed by atoms with Crippen molar-refractivity contribution < 1.29 is 0 Å². The number of para-hydroxylation sites is 3. The summed E-state index contributed by atoms with van der Waals surface area (Å²) in [5.74, 6) is 0.650. The van der Waals surface area contributed by atoms with E-state index in [1.807, 2.05) is 0 Å². The van der Waals surface area contributed by atoms with Gasteiger partial charge in [-0.1, -0.05) is 158 Å². The fourth-order valence-corrected chi connectivity index (χ4v) is 8.29. The van der Waals surface area contributed by atoms with E-state index in [0.29, 0.717) is 5.95 Å². The van der Waals surface area contributed by atoms with Crippen LogP contribution < -0.4 is 0 Å². The molecule has 0 atom stereocenters. The van der Waals surface area contributed by atoms with Crippen molar-refractivity contribution in [2.75, 3.05) is 0 Å². The van der Waals surface area contributed by atoms with Crippen molar-refractivity contribution in [2.45, 2.75) is 0 Å². The Morgan fingerprint density at radius 1 is 0.333 bits per heavy atom. The summed E-state index contributed by atoms with van der Waals surface area (Å²) < 4.78 is 4.69. The van der Waals surface area contributed by atoms with Crippen LogP contribution in [-0.4, -0.2) is 19.1 Å². The summed E-state index contributed by atoms with van der Waals surface area (Å²) in [6.45, 7) is 0. The normalized spacial score (nSPS) is 11.7. The lowest BCUT2D eigenvalue weighted by atomic mass is 10.0. The second-order valence-corrected chi connectivity index (χ2v) is 13.8.